The Kier molecular flexibility index (Phi) is 6.52. The van der Waals surface area contributed by atoms with E-state index in [0.717, 1.165) is 5.56 Å². The number of alkyl halides is 2. The minimum absolute atomic E-state index is 0.0377. The van der Waals surface area contributed by atoms with Gasteiger partial charge in [0.15, 0.2) is 0 Å². The van der Waals surface area contributed by atoms with Crippen LogP contribution in [-0.2, 0) is 4.79 Å². The van der Waals surface area contributed by atoms with E-state index in [0.29, 0.717) is 10.7 Å². The van der Waals surface area contributed by atoms with E-state index in [-0.39, 0.29) is 24.2 Å². The lowest BCUT2D eigenvalue weighted by atomic mass is 10.1. The van der Waals surface area contributed by atoms with Crippen LogP contribution in [0.4, 0.5) is 14.5 Å². The highest BCUT2D eigenvalue weighted by molar-refractivity contribution is 6.30. The van der Waals surface area contributed by atoms with E-state index in [9.17, 15) is 13.6 Å². The summed E-state index contributed by atoms with van der Waals surface area (Å²) in [5, 5.41) is 6.40. The average Bonchev–Trinajstić information content (AvgIpc) is 2.54. The van der Waals surface area contributed by atoms with Crippen molar-refractivity contribution in [1.82, 2.24) is 5.32 Å². The first-order chi connectivity index (χ1) is 11.4. The van der Waals surface area contributed by atoms with Gasteiger partial charge in [-0.2, -0.15) is 8.78 Å². The van der Waals surface area contributed by atoms with Gasteiger partial charge in [-0.1, -0.05) is 23.7 Å². The third-order valence-electron chi connectivity index (χ3n) is 3.28. The smallest absolute Gasteiger partial charge is 0.387 e. The van der Waals surface area contributed by atoms with Crippen molar-refractivity contribution in [1.29, 1.82) is 0 Å². The molecule has 0 aliphatic rings. The first kappa shape index (κ1) is 18.2. The number of hydrogen-bond donors (Lipinski definition) is 2. The van der Waals surface area contributed by atoms with Crippen molar-refractivity contribution in [3.63, 3.8) is 0 Å². The van der Waals surface area contributed by atoms with E-state index in [1.54, 1.807) is 6.07 Å². The maximum atomic E-state index is 12.1. The van der Waals surface area contributed by atoms with Gasteiger partial charge in [-0.05, 0) is 48.9 Å². The fraction of sp³-hybridized carbons (Fsp3) is 0.235. The van der Waals surface area contributed by atoms with E-state index < -0.39 is 6.61 Å². The van der Waals surface area contributed by atoms with E-state index in [1.807, 2.05) is 25.1 Å². The molecule has 2 N–H and O–H groups in total. The predicted molar refractivity (Wildman–Crippen MR) is 89.6 cm³/mol. The van der Waals surface area contributed by atoms with Crippen molar-refractivity contribution >= 4 is 23.2 Å². The molecule has 0 spiro atoms. The van der Waals surface area contributed by atoms with Gasteiger partial charge in [-0.3, -0.25) is 4.79 Å². The molecule has 0 saturated carbocycles. The van der Waals surface area contributed by atoms with Gasteiger partial charge in [-0.15, -0.1) is 0 Å². The standard InChI is InChI=1S/C17H17ClF2N2O2/c1-11(12-3-2-4-13(18)9-12)21-10-16(23)22-14-5-7-15(8-6-14)24-17(19)20/h2-9,11,17,21H,10H2,1H3,(H,22,23)/t11-/m0/s1. The molecule has 0 fully saturated rings. The Morgan fingerprint density at radius 2 is 1.92 bits per heavy atom. The molecule has 4 nitrogen and oxygen atoms in total. The van der Waals surface area contributed by atoms with Gasteiger partial charge >= 0.3 is 6.61 Å². The van der Waals surface area contributed by atoms with Crippen LogP contribution in [0.2, 0.25) is 5.02 Å². The first-order valence-electron chi connectivity index (χ1n) is 7.27. The van der Waals surface area contributed by atoms with Gasteiger partial charge in [0.1, 0.15) is 5.75 Å². The monoisotopic (exact) mass is 354 g/mol. The molecule has 0 bridgehead atoms. The zero-order chi connectivity index (χ0) is 17.5. The van der Waals surface area contributed by atoms with E-state index >= 15 is 0 Å². The number of anilines is 1. The highest BCUT2D eigenvalue weighted by Crippen LogP contribution is 2.18. The average molecular weight is 355 g/mol. The molecule has 0 saturated heterocycles. The van der Waals surface area contributed by atoms with Crippen LogP contribution in [0.5, 0.6) is 5.75 Å². The maximum absolute atomic E-state index is 12.1. The second-order valence-corrected chi connectivity index (χ2v) is 5.55. The second kappa shape index (κ2) is 8.61. The molecule has 0 heterocycles. The molecule has 0 radical (unpaired) electrons. The number of amides is 1. The summed E-state index contributed by atoms with van der Waals surface area (Å²) in [6.45, 7) is -0.846. The number of rotatable bonds is 7. The number of carbonyl (C=O) groups excluding carboxylic acids is 1. The molecule has 7 heteroatoms. The fourth-order valence-electron chi connectivity index (χ4n) is 2.06. The fourth-order valence-corrected chi connectivity index (χ4v) is 2.26. The number of nitrogens with one attached hydrogen (secondary N) is 2. The summed E-state index contributed by atoms with van der Waals surface area (Å²) in [6.07, 6.45) is 0. The van der Waals surface area contributed by atoms with Crippen molar-refractivity contribution in [3.05, 3.63) is 59.1 Å². The minimum Gasteiger partial charge on any atom is -0.435 e. The summed E-state index contributed by atoms with van der Waals surface area (Å²) in [7, 11) is 0. The largest absolute Gasteiger partial charge is 0.435 e. The Hall–Kier alpha value is -2.18. The summed E-state index contributed by atoms with van der Waals surface area (Å²) < 4.78 is 28.4. The summed E-state index contributed by atoms with van der Waals surface area (Å²) in [5.74, 6) is -0.206. The molecule has 0 aliphatic carbocycles. The number of ether oxygens (including phenoxy) is 1. The third-order valence-corrected chi connectivity index (χ3v) is 3.52. The zero-order valence-corrected chi connectivity index (χ0v) is 13.7. The van der Waals surface area contributed by atoms with Crippen LogP contribution in [0.3, 0.4) is 0 Å². The molecule has 24 heavy (non-hydrogen) atoms. The lowest BCUT2D eigenvalue weighted by Gasteiger charge is -2.14. The molecule has 2 rings (SSSR count). The Balaban J connectivity index is 1.82. The Morgan fingerprint density at radius 3 is 2.54 bits per heavy atom. The molecule has 1 amide bonds. The Bertz CT molecular complexity index is 681. The number of halogens is 3. The normalized spacial score (nSPS) is 12.0. The van der Waals surface area contributed by atoms with Crippen LogP contribution in [0.1, 0.15) is 18.5 Å². The summed E-state index contributed by atoms with van der Waals surface area (Å²) in [5.41, 5.74) is 1.47. The number of carbonyl (C=O) groups is 1. The van der Waals surface area contributed by atoms with Crippen LogP contribution in [-0.4, -0.2) is 19.1 Å². The summed E-state index contributed by atoms with van der Waals surface area (Å²) in [6, 6.07) is 13.1. The van der Waals surface area contributed by atoms with Crippen LogP contribution in [0.15, 0.2) is 48.5 Å². The van der Waals surface area contributed by atoms with Gasteiger partial charge in [0.05, 0.1) is 6.54 Å². The second-order valence-electron chi connectivity index (χ2n) is 5.11. The summed E-state index contributed by atoms with van der Waals surface area (Å²) >= 11 is 5.94. The Labute approximate surface area is 143 Å². The molecular formula is C17H17ClF2N2O2. The number of benzene rings is 2. The minimum atomic E-state index is -2.87. The third kappa shape index (κ3) is 5.79. The van der Waals surface area contributed by atoms with Crippen molar-refractivity contribution in [2.45, 2.75) is 19.6 Å². The van der Waals surface area contributed by atoms with E-state index in [4.69, 9.17) is 11.6 Å². The molecule has 128 valence electrons. The highest BCUT2D eigenvalue weighted by Gasteiger charge is 2.09. The van der Waals surface area contributed by atoms with Crippen LogP contribution < -0.4 is 15.4 Å². The molecule has 2 aromatic rings. The highest BCUT2D eigenvalue weighted by atomic mass is 35.5. The van der Waals surface area contributed by atoms with Crippen LogP contribution in [0, 0.1) is 0 Å². The molecule has 1 atom stereocenters. The van der Waals surface area contributed by atoms with Crippen molar-refractivity contribution in [3.8, 4) is 5.75 Å². The molecular weight excluding hydrogens is 338 g/mol. The van der Waals surface area contributed by atoms with Crippen molar-refractivity contribution in [2.24, 2.45) is 0 Å². The molecule has 0 unspecified atom stereocenters. The first-order valence-corrected chi connectivity index (χ1v) is 7.65. The van der Waals surface area contributed by atoms with Gasteiger partial charge in [0.2, 0.25) is 5.91 Å². The maximum Gasteiger partial charge on any atom is 0.387 e. The van der Waals surface area contributed by atoms with Gasteiger partial charge in [-0.25, -0.2) is 0 Å². The number of hydrogen-bond acceptors (Lipinski definition) is 3. The van der Waals surface area contributed by atoms with Gasteiger partial charge < -0.3 is 15.4 Å². The predicted octanol–water partition coefficient (Wildman–Crippen LogP) is 4.23. The molecule has 2 aromatic carbocycles. The SMILES string of the molecule is C[C@H](NCC(=O)Nc1ccc(OC(F)F)cc1)c1cccc(Cl)c1. The lowest BCUT2D eigenvalue weighted by molar-refractivity contribution is -0.115. The zero-order valence-electron chi connectivity index (χ0n) is 12.9. The van der Waals surface area contributed by atoms with Crippen LogP contribution in [0.25, 0.3) is 0 Å². The van der Waals surface area contributed by atoms with Gasteiger partial charge in [0.25, 0.3) is 0 Å². The quantitative estimate of drug-likeness (QED) is 0.782. The lowest BCUT2D eigenvalue weighted by Crippen LogP contribution is -2.30. The Morgan fingerprint density at radius 1 is 1.21 bits per heavy atom. The molecule has 0 aromatic heterocycles. The molecule has 0 aliphatic heterocycles. The van der Waals surface area contributed by atoms with E-state index in [2.05, 4.69) is 15.4 Å². The van der Waals surface area contributed by atoms with Gasteiger partial charge in [0, 0.05) is 16.8 Å². The van der Waals surface area contributed by atoms with Crippen molar-refractivity contribution < 1.29 is 18.3 Å². The van der Waals surface area contributed by atoms with Crippen LogP contribution >= 0.6 is 11.6 Å². The van der Waals surface area contributed by atoms with E-state index in [1.165, 1.54) is 24.3 Å². The topological polar surface area (TPSA) is 50.4 Å². The van der Waals surface area contributed by atoms with Crippen molar-refractivity contribution in [2.75, 3.05) is 11.9 Å². The summed E-state index contributed by atoms with van der Waals surface area (Å²) in [4.78, 5) is 11.9.